The van der Waals surface area contributed by atoms with E-state index in [4.69, 9.17) is 8.76 Å². The molecule has 0 aliphatic heterocycles. The number of halogens is 6. The van der Waals surface area contributed by atoms with E-state index in [0.29, 0.717) is 0 Å². The molecule has 0 radical (unpaired) electrons. The van der Waals surface area contributed by atoms with Crippen LogP contribution < -0.4 is 0 Å². The van der Waals surface area contributed by atoms with Crippen molar-refractivity contribution in [2.24, 2.45) is 7.05 Å². The Bertz CT molecular complexity index is 1310. The van der Waals surface area contributed by atoms with E-state index in [1.165, 1.54) is 18.5 Å². The lowest BCUT2D eigenvalue weighted by Crippen LogP contribution is -2.14. The highest BCUT2D eigenvalue weighted by molar-refractivity contribution is 7.91. The molecule has 0 fully saturated rings. The van der Waals surface area contributed by atoms with Gasteiger partial charge in [0.1, 0.15) is 17.1 Å². The van der Waals surface area contributed by atoms with E-state index in [9.17, 15) is 39.9 Å². The van der Waals surface area contributed by atoms with Gasteiger partial charge >= 0.3 is 11.7 Å². The monoisotopic (exact) mass is 519 g/mol. The highest BCUT2D eigenvalue weighted by Crippen LogP contribution is 2.33. The molecular formula is C16H13F6N4O5S2-. The SMILES string of the molecule is CCS(=O)(=O)c1cc(O)cnc1-c1nc2cc(C(F)(F)F)ncc2n1C.O=S([O-])C(F)(F)F. The van der Waals surface area contributed by atoms with Crippen LogP contribution in [-0.2, 0) is 34.1 Å². The van der Waals surface area contributed by atoms with Gasteiger partial charge in [-0.2, -0.15) is 26.3 Å². The predicted octanol–water partition coefficient (Wildman–Crippen LogP) is 2.93. The predicted molar refractivity (Wildman–Crippen MR) is 101 cm³/mol. The minimum atomic E-state index is -5.08. The number of fused-ring (bicyclic) bond motifs is 1. The Balaban J connectivity index is 0.000000479. The van der Waals surface area contributed by atoms with E-state index in [1.807, 2.05) is 0 Å². The second-order valence-electron chi connectivity index (χ2n) is 6.17. The summed E-state index contributed by atoms with van der Waals surface area (Å²) < 4.78 is 114. The average Bonchev–Trinajstić information content (AvgIpc) is 3.03. The molecule has 0 amide bonds. The second-order valence-corrected chi connectivity index (χ2v) is 9.35. The highest BCUT2D eigenvalue weighted by atomic mass is 32.2. The van der Waals surface area contributed by atoms with Crippen molar-refractivity contribution in [3.63, 3.8) is 0 Å². The third-order valence-electron chi connectivity index (χ3n) is 4.01. The number of rotatable bonds is 3. The van der Waals surface area contributed by atoms with Crippen LogP contribution in [0.2, 0.25) is 0 Å². The second kappa shape index (κ2) is 9.22. The van der Waals surface area contributed by atoms with E-state index in [1.54, 1.807) is 0 Å². The molecule has 0 aromatic carbocycles. The molecule has 33 heavy (non-hydrogen) atoms. The first-order valence-electron chi connectivity index (χ1n) is 8.47. The normalized spacial score (nSPS) is 13.5. The maximum atomic E-state index is 12.8. The Kier molecular flexibility index (Phi) is 7.39. The molecule has 0 saturated carbocycles. The molecule has 3 aromatic heterocycles. The number of aryl methyl sites for hydroxylation is 1. The Morgan fingerprint density at radius 1 is 1.12 bits per heavy atom. The van der Waals surface area contributed by atoms with Crippen molar-refractivity contribution in [1.82, 2.24) is 19.5 Å². The summed E-state index contributed by atoms with van der Waals surface area (Å²) in [5, 5.41) is 9.59. The average molecular weight is 519 g/mol. The third kappa shape index (κ3) is 5.97. The first-order chi connectivity index (χ1) is 15.0. The number of hydrogen-bond acceptors (Lipinski definition) is 8. The summed E-state index contributed by atoms with van der Waals surface area (Å²) in [6.07, 6.45) is -2.56. The largest absolute Gasteiger partial charge is 0.766 e. The van der Waals surface area contributed by atoms with Crippen molar-refractivity contribution in [1.29, 1.82) is 0 Å². The minimum absolute atomic E-state index is 0.000420. The lowest BCUT2D eigenvalue weighted by atomic mass is 10.3. The van der Waals surface area contributed by atoms with E-state index in [-0.39, 0.29) is 38.9 Å². The van der Waals surface area contributed by atoms with E-state index in [0.717, 1.165) is 24.5 Å². The number of sulfone groups is 1. The summed E-state index contributed by atoms with van der Waals surface area (Å²) in [5.74, 6) is -0.539. The van der Waals surface area contributed by atoms with Crippen LogP contribution >= 0.6 is 0 Å². The first kappa shape index (κ1) is 26.5. The van der Waals surface area contributed by atoms with Gasteiger partial charge in [0.2, 0.25) is 0 Å². The molecule has 0 spiro atoms. The van der Waals surface area contributed by atoms with Gasteiger partial charge in [-0.3, -0.25) is 4.21 Å². The molecule has 1 atom stereocenters. The molecule has 182 valence electrons. The van der Waals surface area contributed by atoms with Crippen molar-refractivity contribution in [3.8, 4) is 17.3 Å². The Morgan fingerprint density at radius 2 is 1.70 bits per heavy atom. The summed E-state index contributed by atoms with van der Waals surface area (Å²) >= 11 is -3.93. The zero-order chi connectivity index (χ0) is 25.4. The number of aromatic hydroxyl groups is 1. The van der Waals surface area contributed by atoms with Crippen LogP contribution in [0.25, 0.3) is 22.6 Å². The number of pyridine rings is 2. The number of hydrogen-bond donors (Lipinski definition) is 1. The van der Waals surface area contributed by atoms with Gasteiger partial charge in [-0.05, 0) is 6.07 Å². The van der Waals surface area contributed by atoms with Crippen molar-refractivity contribution in [3.05, 3.63) is 30.2 Å². The fourth-order valence-corrected chi connectivity index (χ4v) is 3.50. The molecule has 3 rings (SSSR count). The summed E-state index contributed by atoms with van der Waals surface area (Å²) in [4.78, 5) is 11.2. The van der Waals surface area contributed by atoms with Crippen LogP contribution in [0.15, 0.2) is 29.4 Å². The zero-order valence-electron chi connectivity index (χ0n) is 16.5. The Labute approximate surface area is 184 Å². The molecule has 9 nitrogen and oxygen atoms in total. The quantitative estimate of drug-likeness (QED) is 0.412. The van der Waals surface area contributed by atoms with Crippen molar-refractivity contribution < 1.29 is 48.6 Å². The van der Waals surface area contributed by atoms with Crippen molar-refractivity contribution in [2.75, 3.05) is 5.75 Å². The standard InChI is InChI=1S/C15H13F3N4O3S.CHF3O2S/c1-3-26(24,25)11-4-8(23)6-20-13(11)14-21-9-5-12(15(16,17)18)19-7-10(9)22(14)2;2-1(3,4)7(5)6/h4-7,23H,3H2,1-2H3;(H,5,6)/p-1. The maximum Gasteiger partial charge on any atom is 0.458 e. The van der Waals surface area contributed by atoms with Gasteiger partial charge in [0.15, 0.2) is 15.7 Å². The van der Waals surface area contributed by atoms with Crippen LogP contribution in [0.1, 0.15) is 12.6 Å². The van der Waals surface area contributed by atoms with Crippen LogP contribution in [0.5, 0.6) is 5.75 Å². The molecule has 0 saturated heterocycles. The molecular weight excluding hydrogens is 506 g/mol. The van der Waals surface area contributed by atoms with Gasteiger partial charge in [-0.15, -0.1) is 0 Å². The lowest BCUT2D eigenvalue weighted by molar-refractivity contribution is -0.141. The summed E-state index contributed by atoms with van der Waals surface area (Å²) in [6, 6.07) is 1.83. The number of nitrogens with zero attached hydrogens (tertiary/aromatic N) is 4. The van der Waals surface area contributed by atoms with Gasteiger partial charge in [0.25, 0.3) is 0 Å². The highest BCUT2D eigenvalue weighted by Gasteiger charge is 2.33. The molecule has 1 unspecified atom stereocenters. The zero-order valence-corrected chi connectivity index (χ0v) is 18.1. The molecule has 0 aliphatic rings. The first-order valence-corrected chi connectivity index (χ1v) is 11.2. The van der Waals surface area contributed by atoms with Gasteiger partial charge in [-0.1, -0.05) is 6.92 Å². The van der Waals surface area contributed by atoms with Gasteiger partial charge in [0.05, 0.1) is 45.2 Å². The van der Waals surface area contributed by atoms with Gasteiger partial charge in [-0.25, -0.2) is 23.4 Å². The minimum Gasteiger partial charge on any atom is -0.766 e. The van der Waals surface area contributed by atoms with Crippen molar-refractivity contribution >= 4 is 32.0 Å². The van der Waals surface area contributed by atoms with Crippen LogP contribution in [0.3, 0.4) is 0 Å². The number of imidazole rings is 1. The van der Waals surface area contributed by atoms with E-state index in [2.05, 4.69) is 15.0 Å². The maximum absolute atomic E-state index is 12.8. The summed E-state index contributed by atoms with van der Waals surface area (Å²) in [6.45, 7) is 1.43. The van der Waals surface area contributed by atoms with Crippen molar-refractivity contribution in [2.45, 2.75) is 23.5 Å². The Hall–Kier alpha value is -2.79. The molecule has 3 aromatic rings. The molecule has 0 aliphatic carbocycles. The van der Waals surface area contributed by atoms with Crippen LogP contribution in [0, 0.1) is 0 Å². The molecule has 17 heteroatoms. The topological polar surface area (TPSA) is 138 Å². The number of aromatic nitrogens is 4. The van der Waals surface area contributed by atoms with E-state index < -0.39 is 38.3 Å². The Morgan fingerprint density at radius 3 is 2.18 bits per heavy atom. The fraction of sp³-hybridized carbons (Fsp3) is 0.312. The summed E-state index contributed by atoms with van der Waals surface area (Å²) in [5.41, 5.74) is -5.96. The molecule has 0 bridgehead atoms. The van der Waals surface area contributed by atoms with Gasteiger partial charge < -0.3 is 14.2 Å². The number of alkyl halides is 6. The van der Waals surface area contributed by atoms with Gasteiger partial charge in [0, 0.05) is 13.1 Å². The van der Waals surface area contributed by atoms with E-state index >= 15 is 0 Å². The third-order valence-corrected chi connectivity index (χ3v) is 6.13. The lowest BCUT2D eigenvalue weighted by Gasteiger charge is -2.09. The van der Waals surface area contributed by atoms with Crippen LogP contribution in [-0.4, -0.2) is 53.1 Å². The fourth-order valence-electron chi connectivity index (χ4n) is 2.45. The summed E-state index contributed by atoms with van der Waals surface area (Å²) in [7, 11) is -2.25. The molecule has 1 N–H and O–H groups in total. The van der Waals surface area contributed by atoms with Crippen LogP contribution in [0.4, 0.5) is 26.3 Å². The molecule has 3 heterocycles. The smallest absolute Gasteiger partial charge is 0.458 e.